The van der Waals surface area contributed by atoms with Gasteiger partial charge in [-0.25, -0.2) is 0 Å². The molecule has 0 aliphatic heterocycles. The topological polar surface area (TPSA) is 29.5 Å². The molecule has 0 fully saturated rings. The summed E-state index contributed by atoms with van der Waals surface area (Å²) in [5.41, 5.74) is 0.740. The Morgan fingerprint density at radius 1 is 1.07 bits per heavy atom. The molecule has 0 aromatic heterocycles. The van der Waals surface area contributed by atoms with Crippen LogP contribution < -0.4 is 4.74 Å². The average Bonchev–Trinajstić information content (AvgIpc) is 2.69. The average molecular weight is 430 g/mol. The van der Waals surface area contributed by atoms with Crippen molar-refractivity contribution in [1.29, 1.82) is 0 Å². The van der Waals surface area contributed by atoms with Gasteiger partial charge in [0.25, 0.3) is 5.24 Å². The van der Waals surface area contributed by atoms with Crippen LogP contribution in [0.2, 0.25) is 5.02 Å². The lowest BCUT2D eigenvalue weighted by atomic mass is 10.1. The second-order valence-electron chi connectivity index (χ2n) is 6.05. The SMILES string of the molecule is CCN(CC)C(=O)Sc1cccc2cccc(OC(=S)c3cccc(Cl)c3)c12. The summed E-state index contributed by atoms with van der Waals surface area (Å²) in [6, 6.07) is 18.9. The molecular weight excluding hydrogens is 410 g/mol. The van der Waals surface area contributed by atoms with Gasteiger partial charge in [0, 0.05) is 34.0 Å². The molecule has 0 atom stereocenters. The molecule has 0 saturated heterocycles. The molecule has 0 aliphatic carbocycles. The van der Waals surface area contributed by atoms with Crippen molar-refractivity contribution in [3.63, 3.8) is 0 Å². The summed E-state index contributed by atoms with van der Waals surface area (Å²) in [5, 5.41) is 2.82. The number of nitrogens with zero attached hydrogens (tertiary/aromatic N) is 1. The van der Waals surface area contributed by atoms with E-state index in [-0.39, 0.29) is 5.24 Å². The highest BCUT2D eigenvalue weighted by Gasteiger charge is 2.16. The zero-order valence-corrected chi connectivity index (χ0v) is 18.0. The second kappa shape index (κ2) is 9.41. The summed E-state index contributed by atoms with van der Waals surface area (Å²) in [4.78, 5) is 15.3. The van der Waals surface area contributed by atoms with Crippen molar-refractivity contribution in [2.24, 2.45) is 0 Å². The zero-order valence-electron chi connectivity index (χ0n) is 15.6. The van der Waals surface area contributed by atoms with Crippen molar-refractivity contribution in [3.05, 3.63) is 71.2 Å². The summed E-state index contributed by atoms with van der Waals surface area (Å²) in [6.45, 7) is 5.30. The molecule has 3 aromatic carbocycles. The van der Waals surface area contributed by atoms with Crippen molar-refractivity contribution in [1.82, 2.24) is 4.90 Å². The van der Waals surface area contributed by atoms with Crippen molar-refractivity contribution in [2.45, 2.75) is 18.7 Å². The Labute approximate surface area is 179 Å². The Kier molecular flexibility index (Phi) is 6.94. The number of thioether (sulfide) groups is 1. The molecule has 1 amide bonds. The van der Waals surface area contributed by atoms with E-state index in [0.29, 0.717) is 28.9 Å². The van der Waals surface area contributed by atoms with Crippen LogP contribution in [0.25, 0.3) is 10.8 Å². The number of ether oxygens (including phenoxy) is 1. The van der Waals surface area contributed by atoms with Gasteiger partial charge in [0.15, 0.2) is 5.05 Å². The number of hydrogen-bond donors (Lipinski definition) is 0. The molecule has 0 spiro atoms. The minimum absolute atomic E-state index is 0.0183. The van der Waals surface area contributed by atoms with Crippen molar-refractivity contribution in [3.8, 4) is 5.75 Å². The van der Waals surface area contributed by atoms with E-state index in [0.717, 1.165) is 21.2 Å². The predicted octanol–water partition coefficient (Wildman–Crippen LogP) is 6.80. The molecule has 3 rings (SSSR count). The van der Waals surface area contributed by atoms with E-state index in [9.17, 15) is 4.79 Å². The van der Waals surface area contributed by atoms with Gasteiger partial charge in [0.1, 0.15) is 5.75 Å². The Morgan fingerprint density at radius 3 is 2.43 bits per heavy atom. The molecule has 3 aromatic rings. The smallest absolute Gasteiger partial charge is 0.286 e. The van der Waals surface area contributed by atoms with Crippen LogP contribution in [0.3, 0.4) is 0 Å². The molecule has 0 N–H and O–H groups in total. The Morgan fingerprint density at radius 2 is 1.75 bits per heavy atom. The molecule has 0 unspecified atom stereocenters. The van der Waals surface area contributed by atoms with Crippen molar-refractivity contribution in [2.75, 3.05) is 13.1 Å². The van der Waals surface area contributed by atoms with Crippen LogP contribution in [0, 0.1) is 0 Å². The highest BCUT2D eigenvalue weighted by Crippen LogP contribution is 2.36. The van der Waals surface area contributed by atoms with Crippen molar-refractivity contribution < 1.29 is 9.53 Å². The van der Waals surface area contributed by atoms with Gasteiger partial charge in [0.05, 0.1) is 0 Å². The molecule has 144 valence electrons. The van der Waals surface area contributed by atoms with E-state index >= 15 is 0 Å². The second-order valence-corrected chi connectivity index (χ2v) is 7.85. The van der Waals surface area contributed by atoms with E-state index < -0.39 is 0 Å². The van der Waals surface area contributed by atoms with Gasteiger partial charge in [0.2, 0.25) is 0 Å². The van der Waals surface area contributed by atoms with E-state index in [1.54, 1.807) is 17.0 Å². The van der Waals surface area contributed by atoms with Crippen LogP contribution in [-0.2, 0) is 0 Å². The third-order valence-electron chi connectivity index (χ3n) is 4.31. The number of benzene rings is 3. The van der Waals surface area contributed by atoms with E-state index in [1.807, 2.05) is 62.4 Å². The fourth-order valence-corrected chi connectivity index (χ4v) is 4.31. The first-order valence-corrected chi connectivity index (χ1v) is 10.6. The predicted molar refractivity (Wildman–Crippen MR) is 122 cm³/mol. The van der Waals surface area contributed by atoms with Crippen LogP contribution in [0.15, 0.2) is 65.6 Å². The number of carbonyl (C=O) groups is 1. The van der Waals surface area contributed by atoms with Crippen LogP contribution in [-0.4, -0.2) is 28.3 Å². The lowest BCUT2D eigenvalue weighted by Crippen LogP contribution is -2.26. The number of rotatable bonds is 5. The van der Waals surface area contributed by atoms with Crippen molar-refractivity contribution >= 4 is 56.6 Å². The highest BCUT2D eigenvalue weighted by atomic mass is 35.5. The van der Waals surface area contributed by atoms with Crippen LogP contribution in [0.1, 0.15) is 19.4 Å². The standard InChI is InChI=1S/C22H20ClNO2S2/c1-3-24(4-2)22(25)28-19-13-7-9-15-8-6-12-18(20(15)19)26-21(27)16-10-5-11-17(23)14-16/h5-14H,3-4H2,1-2H3. The van der Waals surface area contributed by atoms with E-state index in [2.05, 4.69) is 0 Å². The fraction of sp³-hybridized carbons (Fsp3) is 0.182. The summed E-state index contributed by atoms with van der Waals surface area (Å²) in [6.07, 6.45) is 0. The largest absolute Gasteiger partial charge is 0.445 e. The third-order valence-corrected chi connectivity index (χ3v) is 5.86. The molecule has 0 radical (unpaired) electrons. The minimum atomic E-state index is 0.0183. The molecular formula is C22H20ClNO2S2. The lowest BCUT2D eigenvalue weighted by Gasteiger charge is -2.19. The lowest BCUT2D eigenvalue weighted by molar-refractivity contribution is 0.228. The zero-order chi connectivity index (χ0) is 20.1. The number of fused-ring (bicyclic) bond motifs is 1. The third kappa shape index (κ3) is 4.66. The number of halogens is 1. The van der Waals surface area contributed by atoms with Crippen LogP contribution in [0.4, 0.5) is 4.79 Å². The first-order valence-electron chi connectivity index (χ1n) is 8.99. The maximum atomic E-state index is 12.6. The van der Waals surface area contributed by atoms with Gasteiger partial charge >= 0.3 is 0 Å². The minimum Gasteiger partial charge on any atom is -0.445 e. The molecule has 0 aliphatic rings. The van der Waals surface area contributed by atoms with Gasteiger partial charge in [-0.3, -0.25) is 4.79 Å². The maximum Gasteiger partial charge on any atom is 0.286 e. The summed E-state index contributed by atoms with van der Waals surface area (Å²) in [7, 11) is 0. The van der Waals surface area contributed by atoms with Gasteiger partial charge < -0.3 is 9.64 Å². The van der Waals surface area contributed by atoms with Crippen LogP contribution >= 0.6 is 35.6 Å². The molecule has 0 heterocycles. The molecule has 3 nitrogen and oxygen atoms in total. The molecule has 0 bridgehead atoms. The van der Waals surface area contributed by atoms with Gasteiger partial charge in [-0.2, -0.15) is 0 Å². The maximum absolute atomic E-state index is 12.6. The quantitative estimate of drug-likeness (QED) is 0.329. The number of amides is 1. The Balaban J connectivity index is 1.97. The summed E-state index contributed by atoms with van der Waals surface area (Å²) >= 11 is 12.8. The van der Waals surface area contributed by atoms with Crippen LogP contribution in [0.5, 0.6) is 5.75 Å². The Hall–Kier alpha value is -2.08. The van der Waals surface area contributed by atoms with Gasteiger partial charge in [-0.15, -0.1) is 0 Å². The number of hydrogen-bond acceptors (Lipinski definition) is 4. The molecule has 28 heavy (non-hydrogen) atoms. The van der Waals surface area contributed by atoms with Gasteiger partial charge in [-0.05, 0) is 67.5 Å². The summed E-state index contributed by atoms with van der Waals surface area (Å²) < 4.78 is 6.04. The first-order chi connectivity index (χ1) is 13.5. The molecule has 6 heteroatoms. The number of thiocarbonyl (C=S) groups is 1. The normalized spacial score (nSPS) is 10.7. The monoisotopic (exact) mass is 429 g/mol. The van der Waals surface area contributed by atoms with Gasteiger partial charge in [-0.1, -0.05) is 48.0 Å². The number of carbonyl (C=O) groups excluding carboxylic acids is 1. The first kappa shape index (κ1) is 20.6. The summed E-state index contributed by atoms with van der Waals surface area (Å²) in [5.74, 6) is 0.623. The van der Waals surface area contributed by atoms with E-state index in [4.69, 9.17) is 28.6 Å². The highest BCUT2D eigenvalue weighted by molar-refractivity contribution is 8.13. The molecule has 0 saturated carbocycles. The van der Waals surface area contributed by atoms with E-state index in [1.165, 1.54) is 11.8 Å². The fourth-order valence-electron chi connectivity index (χ4n) is 2.86. The Bertz CT molecular complexity index is 1010.